The van der Waals surface area contributed by atoms with Gasteiger partial charge in [0.1, 0.15) is 0 Å². The van der Waals surface area contributed by atoms with Gasteiger partial charge in [-0.1, -0.05) is 196 Å². The fourth-order valence-electron chi connectivity index (χ4n) is 8.77. The summed E-state index contributed by atoms with van der Waals surface area (Å²) >= 11 is 0. The fourth-order valence-corrected chi connectivity index (χ4v) is 8.77. The van der Waals surface area contributed by atoms with E-state index in [-0.39, 0.29) is 5.41 Å². The maximum absolute atomic E-state index is 5.18. The quantitative estimate of drug-likeness (QED) is 0.139. The molecule has 10 rings (SSSR count). The summed E-state index contributed by atoms with van der Waals surface area (Å²) in [6, 6.07) is 72.8. The van der Waals surface area contributed by atoms with E-state index in [9.17, 15) is 0 Å². The summed E-state index contributed by atoms with van der Waals surface area (Å²) in [6.07, 6.45) is 1.89. The summed E-state index contributed by atoms with van der Waals surface area (Å²) < 4.78 is 0. The lowest BCUT2D eigenvalue weighted by Gasteiger charge is -2.33. The van der Waals surface area contributed by atoms with Gasteiger partial charge in [0, 0.05) is 38.8 Å². The van der Waals surface area contributed by atoms with Gasteiger partial charge >= 0.3 is 0 Å². The van der Waals surface area contributed by atoms with Crippen LogP contribution in [0.1, 0.15) is 37.8 Å². The Bertz CT molecular complexity index is 2920. The zero-order valence-corrected chi connectivity index (χ0v) is 34.3. The molecule has 0 bridgehead atoms. The zero-order valence-electron chi connectivity index (χ0n) is 34.3. The van der Waals surface area contributed by atoms with Crippen LogP contribution in [-0.4, -0.2) is 19.9 Å². The van der Waals surface area contributed by atoms with Crippen molar-refractivity contribution in [3.05, 3.63) is 217 Å². The van der Waals surface area contributed by atoms with Gasteiger partial charge in [-0.3, -0.25) is 0 Å². The Morgan fingerprint density at radius 3 is 1.00 bits per heavy atom. The van der Waals surface area contributed by atoms with Crippen LogP contribution in [0.5, 0.6) is 0 Å². The van der Waals surface area contributed by atoms with E-state index in [2.05, 4.69) is 208 Å². The highest BCUT2D eigenvalue weighted by molar-refractivity contribution is 5.88. The zero-order chi connectivity index (χ0) is 41.2. The summed E-state index contributed by atoms with van der Waals surface area (Å²) in [5, 5.41) is 4.80. The summed E-state index contributed by atoms with van der Waals surface area (Å²) in [5.74, 6) is 1.42. The monoisotopic (exact) mass is 784 g/mol. The maximum Gasteiger partial charge on any atom is 0.160 e. The average molecular weight is 785 g/mol. The van der Waals surface area contributed by atoms with E-state index < -0.39 is 0 Å². The molecular formula is C57H44N4. The summed E-state index contributed by atoms with van der Waals surface area (Å²) in [5.41, 5.74) is 12.2. The van der Waals surface area contributed by atoms with Crippen LogP contribution in [0.4, 0.5) is 0 Å². The third-order valence-electron chi connectivity index (χ3n) is 12.3. The molecule has 0 fully saturated rings. The van der Waals surface area contributed by atoms with E-state index in [0.717, 1.165) is 69.0 Å². The molecule has 2 heterocycles. The minimum absolute atomic E-state index is 0.191. The normalized spacial score (nSPS) is 11.6. The predicted octanol–water partition coefficient (Wildman–Crippen LogP) is 14.7. The molecule has 0 aliphatic rings. The topological polar surface area (TPSA) is 51.6 Å². The van der Waals surface area contributed by atoms with Gasteiger partial charge in [-0.15, -0.1) is 0 Å². The van der Waals surface area contributed by atoms with Crippen molar-refractivity contribution in [3.63, 3.8) is 0 Å². The standard InChI is InChI=1S/C57H44N4/c1-3-57(4-2,49-31-27-43(28-32-49)55-58-51(41-17-7-5-8-18-41)37-53(60-55)47-25-23-39-15-11-13-21-45(39)35-47)50-33-29-44(30-34-50)56-59-52(42-19-9-6-10-20-42)38-54(61-56)48-26-24-40-16-12-14-22-46(40)36-48/h5-38H,3-4H2,1-2H3. The lowest BCUT2D eigenvalue weighted by Crippen LogP contribution is -2.26. The molecule has 0 aliphatic carbocycles. The van der Waals surface area contributed by atoms with Crippen LogP contribution >= 0.6 is 0 Å². The fraction of sp³-hybridized carbons (Fsp3) is 0.0877. The molecule has 2 aromatic heterocycles. The highest BCUT2D eigenvalue weighted by atomic mass is 14.9. The van der Waals surface area contributed by atoms with Gasteiger partial charge in [0.15, 0.2) is 11.6 Å². The Balaban J connectivity index is 0.997. The molecule has 0 atom stereocenters. The lowest BCUT2D eigenvalue weighted by atomic mass is 9.70. The molecule has 0 aliphatic heterocycles. The third-order valence-corrected chi connectivity index (χ3v) is 12.3. The van der Waals surface area contributed by atoms with Crippen LogP contribution in [0.15, 0.2) is 206 Å². The number of benzene rings is 8. The van der Waals surface area contributed by atoms with Crippen LogP contribution in [0.3, 0.4) is 0 Å². The van der Waals surface area contributed by atoms with Gasteiger partial charge in [0.05, 0.1) is 22.8 Å². The van der Waals surface area contributed by atoms with Gasteiger partial charge in [0.25, 0.3) is 0 Å². The second-order valence-electron chi connectivity index (χ2n) is 15.7. The van der Waals surface area contributed by atoms with E-state index >= 15 is 0 Å². The van der Waals surface area contributed by atoms with Crippen LogP contribution in [-0.2, 0) is 5.41 Å². The van der Waals surface area contributed by atoms with Gasteiger partial charge in [-0.2, -0.15) is 0 Å². The van der Waals surface area contributed by atoms with Crippen molar-refractivity contribution in [2.75, 3.05) is 0 Å². The molecule has 0 amide bonds. The number of hydrogen-bond donors (Lipinski definition) is 0. The smallest absolute Gasteiger partial charge is 0.160 e. The first-order valence-corrected chi connectivity index (χ1v) is 21.2. The number of nitrogens with zero attached hydrogens (tertiary/aromatic N) is 4. The molecule has 0 N–H and O–H groups in total. The van der Waals surface area contributed by atoms with Gasteiger partial charge in [-0.25, -0.2) is 19.9 Å². The van der Waals surface area contributed by atoms with E-state index in [1.54, 1.807) is 0 Å². The number of hydrogen-bond acceptors (Lipinski definition) is 4. The largest absolute Gasteiger partial charge is 0.228 e. The molecule has 61 heavy (non-hydrogen) atoms. The SMILES string of the molecule is CCC(CC)(c1ccc(-c2nc(-c3ccccc3)cc(-c3ccc4ccccc4c3)n2)cc1)c1ccc(-c2nc(-c3ccccc3)cc(-c3ccc4ccccc4c3)n2)cc1. The van der Waals surface area contributed by atoms with Crippen LogP contribution in [0, 0.1) is 0 Å². The number of fused-ring (bicyclic) bond motifs is 2. The maximum atomic E-state index is 5.18. The molecule has 10 aromatic rings. The molecule has 0 saturated heterocycles. The van der Waals surface area contributed by atoms with Crippen molar-refractivity contribution in [1.29, 1.82) is 0 Å². The summed E-state index contributed by atoms with van der Waals surface area (Å²) in [4.78, 5) is 20.6. The predicted molar refractivity (Wildman–Crippen MR) is 253 cm³/mol. The van der Waals surface area contributed by atoms with E-state index in [0.29, 0.717) is 11.6 Å². The summed E-state index contributed by atoms with van der Waals surface area (Å²) in [6.45, 7) is 4.58. The Hall–Kier alpha value is -7.56. The number of aromatic nitrogens is 4. The Morgan fingerprint density at radius 1 is 0.295 bits per heavy atom. The minimum Gasteiger partial charge on any atom is -0.228 e. The van der Waals surface area contributed by atoms with E-state index in [1.165, 1.54) is 32.7 Å². The molecule has 8 aromatic carbocycles. The van der Waals surface area contributed by atoms with Crippen molar-refractivity contribution in [3.8, 4) is 67.8 Å². The van der Waals surface area contributed by atoms with Crippen molar-refractivity contribution < 1.29 is 0 Å². The summed E-state index contributed by atoms with van der Waals surface area (Å²) in [7, 11) is 0. The third kappa shape index (κ3) is 7.38. The molecule has 0 spiro atoms. The van der Waals surface area contributed by atoms with Crippen molar-refractivity contribution >= 4 is 21.5 Å². The van der Waals surface area contributed by atoms with Crippen molar-refractivity contribution in [2.24, 2.45) is 0 Å². The molecule has 0 radical (unpaired) electrons. The van der Waals surface area contributed by atoms with Gasteiger partial charge in [-0.05, 0) is 69.8 Å². The van der Waals surface area contributed by atoms with Crippen LogP contribution in [0.25, 0.3) is 89.4 Å². The number of rotatable bonds is 10. The second-order valence-corrected chi connectivity index (χ2v) is 15.7. The highest BCUT2D eigenvalue weighted by Crippen LogP contribution is 2.41. The lowest BCUT2D eigenvalue weighted by molar-refractivity contribution is 0.478. The van der Waals surface area contributed by atoms with Crippen LogP contribution in [0.2, 0.25) is 0 Å². The Labute approximate surface area is 357 Å². The molecule has 4 nitrogen and oxygen atoms in total. The first kappa shape index (κ1) is 37.7. The Kier molecular flexibility index (Phi) is 10.0. The van der Waals surface area contributed by atoms with Gasteiger partial charge in [0.2, 0.25) is 0 Å². The second kappa shape index (κ2) is 16.2. The van der Waals surface area contributed by atoms with E-state index in [1.807, 2.05) is 12.1 Å². The molecule has 4 heteroatoms. The van der Waals surface area contributed by atoms with Gasteiger partial charge < -0.3 is 0 Å². The molecular weight excluding hydrogens is 741 g/mol. The Morgan fingerprint density at radius 2 is 0.623 bits per heavy atom. The van der Waals surface area contributed by atoms with Crippen molar-refractivity contribution in [2.45, 2.75) is 32.1 Å². The van der Waals surface area contributed by atoms with E-state index in [4.69, 9.17) is 19.9 Å². The molecule has 292 valence electrons. The van der Waals surface area contributed by atoms with Crippen molar-refractivity contribution in [1.82, 2.24) is 19.9 Å². The average Bonchev–Trinajstić information content (AvgIpc) is 3.35. The molecule has 0 saturated carbocycles. The van der Waals surface area contributed by atoms with Crippen LogP contribution < -0.4 is 0 Å². The highest BCUT2D eigenvalue weighted by Gasteiger charge is 2.31. The molecule has 0 unspecified atom stereocenters. The first-order valence-electron chi connectivity index (χ1n) is 21.2. The first-order chi connectivity index (χ1) is 30.1. The minimum atomic E-state index is -0.191.